The molecular formula is C19H33NO4Si. The first kappa shape index (κ1) is 21.5. The van der Waals surface area contributed by atoms with E-state index < -0.39 is 14.4 Å². The molecule has 1 unspecified atom stereocenters. The molecule has 1 fully saturated rings. The molecule has 1 aliphatic heterocycles. The average Bonchev–Trinajstić information content (AvgIpc) is 2.92. The zero-order chi connectivity index (χ0) is 19.3. The van der Waals surface area contributed by atoms with Gasteiger partial charge in [-0.25, -0.2) is 9.69 Å². The van der Waals surface area contributed by atoms with E-state index in [-0.39, 0.29) is 23.5 Å². The lowest BCUT2D eigenvalue weighted by atomic mass is 9.99. The Morgan fingerprint density at radius 2 is 2.00 bits per heavy atom. The van der Waals surface area contributed by atoms with Gasteiger partial charge in [-0.15, -0.1) is 0 Å². The van der Waals surface area contributed by atoms with Crippen LogP contribution in [0.5, 0.6) is 0 Å². The third-order valence-corrected chi connectivity index (χ3v) is 9.97. The molecule has 1 heterocycles. The first-order valence-electron chi connectivity index (χ1n) is 8.98. The van der Waals surface area contributed by atoms with Crippen LogP contribution >= 0.6 is 0 Å². The number of amides is 2. The van der Waals surface area contributed by atoms with Crippen LogP contribution in [0.3, 0.4) is 0 Å². The van der Waals surface area contributed by atoms with Gasteiger partial charge in [0.05, 0.1) is 12.8 Å². The van der Waals surface area contributed by atoms with Crippen molar-refractivity contribution in [3.8, 4) is 0 Å². The Balaban J connectivity index is 2.47. The largest absolute Gasteiger partial charge is 0.549 e. The van der Waals surface area contributed by atoms with E-state index in [9.17, 15) is 9.59 Å². The van der Waals surface area contributed by atoms with Crippen molar-refractivity contribution in [3.63, 3.8) is 0 Å². The second-order valence-corrected chi connectivity index (χ2v) is 12.6. The van der Waals surface area contributed by atoms with Crippen LogP contribution in [-0.4, -0.2) is 38.4 Å². The number of imide groups is 1. The number of carbonyl (C=O) groups excluding carboxylic acids is 2. The summed E-state index contributed by atoms with van der Waals surface area (Å²) < 4.78 is 10.9. The van der Waals surface area contributed by atoms with E-state index in [4.69, 9.17) is 9.16 Å². The molecule has 6 heteroatoms. The highest BCUT2D eigenvalue weighted by molar-refractivity contribution is 6.74. The molecule has 0 bridgehead atoms. The van der Waals surface area contributed by atoms with E-state index >= 15 is 0 Å². The highest BCUT2D eigenvalue weighted by Crippen LogP contribution is 2.44. The van der Waals surface area contributed by atoms with E-state index in [2.05, 4.69) is 47.7 Å². The fraction of sp³-hybridized carbons (Fsp3) is 0.684. The Bertz CT molecular complexity index is 538. The van der Waals surface area contributed by atoms with Crippen LogP contribution in [0.1, 0.15) is 41.0 Å². The number of nitrogens with zero attached hydrogens (tertiary/aromatic N) is 1. The molecule has 1 atom stereocenters. The van der Waals surface area contributed by atoms with E-state index in [0.29, 0.717) is 18.9 Å². The van der Waals surface area contributed by atoms with Gasteiger partial charge < -0.3 is 9.16 Å². The normalized spacial score (nSPS) is 17.6. The van der Waals surface area contributed by atoms with E-state index in [1.54, 1.807) is 6.08 Å². The lowest BCUT2D eigenvalue weighted by Gasteiger charge is -2.41. The molecule has 1 rings (SSSR count). The molecule has 0 aliphatic carbocycles. The monoisotopic (exact) mass is 367 g/mol. The summed E-state index contributed by atoms with van der Waals surface area (Å²) >= 11 is 0. The minimum Gasteiger partial charge on any atom is -0.549 e. The first-order chi connectivity index (χ1) is 11.5. The van der Waals surface area contributed by atoms with Crippen molar-refractivity contribution >= 4 is 20.3 Å². The quantitative estimate of drug-likeness (QED) is 0.354. The number of ether oxygens (including phenoxy) is 1. The van der Waals surface area contributed by atoms with Crippen molar-refractivity contribution in [3.05, 3.63) is 24.5 Å². The summed E-state index contributed by atoms with van der Waals surface area (Å²) in [5, 5.41) is 0.178. The molecule has 0 aromatic heterocycles. The van der Waals surface area contributed by atoms with E-state index in [0.717, 1.165) is 4.90 Å². The Hall–Kier alpha value is -1.56. The number of hydrogen-bond acceptors (Lipinski definition) is 4. The Morgan fingerprint density at radius 3 is 2.52 bits per heavy atom. The number of cyclic esters (lactones) is 1. The van der Waals surface area contributed by atoms with Crippen molar-refractivity contribution in [2.75, 3.05) is 13.2 Å². The number of hydrogen-bond donors (Lipinski definition) is 0. The summed E-state index contributed by atoms with van der Waals surface area (Å²) in [6.07, 6.45) is 7.25. The SMILES string of the molecule is CC(/C=C\O[Si](C)(C)C(C)(C)C(C)C)C/C=C/C(=O)N1CCOC1=O. The molecule has 25 heavy (non-hydrogen) atoms. The molecule has 0 aromatic carbocycles. The van der Waals surface area contributed by atoms with Crippen LogP contribution in [0.15, 0.2) is 24.5 Å². The van der Waals surface area contributed by atoms with Crippen molar-refractivity contribution in [2.45, 2.75) is 59.2 Å². The minimum atomic E-state index is -1.85. The summed E-state index contributed by atoms with van der Waals surface area (Å²) in [5.74, 6) is 0.495. The summed E-state index contributed by atoms with van der Waals surface area (Å²) in [6, 6.07) is 0. The minimum absolute atomic E-state index is 0.178. The van der Waals surface area contributed by atoms with Crippen LogP contribution < -0.4 is 0 Å². The standard InChI is InChI=1S/C19H33NO4Si/c1-15(2)19(4,5)25(6,7)24-13-11-16(3)9-8-10-17(21)20-12-14-23-18(20)22/h8,10-11,13,15-16H,9,12,14H2,1-7H3/b10-8+,13-11-. The molecular weight excluding hydrogens is 334 g/mol. The second-order valence-electron chi connectivity index (χ2n) is 8.05. The van der Waals surface area contributed by atoms with E-state index in [1.165, 1.54) is 6.08 Å². The fourth-order valence-electron chi connectivity index (χ4n) is 2.34. The van der Waals surface area contributed by atoms with E-state index in [1.807, 2.05) is 12.3 Å². The first-order valence-corrected chi connectivity index (χ1v) is 11.9. The van der Waals surface area contributed by atoms with Gasteiger partial charge in [0.1, 0.15) is 6.61 Å². The smallest absolute Gasteiger partial charge is 0.416 e. The van der Waals surface area contributed by atoms with Crippen LogP contribution in [0.4, 0.5) is 4.79 Å². The van der Waals surface area contributed by atoms with Crippen molar-refractivity contribution in [1.29, 1.82) is 0 Å². The zero-order valence-corrected chi connectivity index (χ0v) is 17.7. The highest BCUT2D eigenvalue weighted by atomic mass is 28.4. The van der Waals surface area contributed by atoms with Crippen LogP contribution in [-0.2, 0) is 14.0 Å². The predicted molar refractivity (Wildman–Crippen MR) is 103 cm³/mol. The maximum absolute atomic E-state index is 11.9. The third-order valence-electron chi connectivity index (χ3n) is 5.56. The van der Waals surface area contributed by atoms with Crippen LogP contribution in [0, 0.1) is 11.8 Å². The van der Waals surface area contributed by atoms with Gasteiger partial charge in [0.2, 0.25) is 8.32 Å². The lowest BCUT2D eigenvalue weighted by molar-refractivity contribution is -0.122. The summed E-state index contributed by atoms with van der Waals surface area (Å²) in [6.45, 7) is 16.2. The number of rotatable bonds is 8. The Labute approximate surface area is 153 Å². The molecule has 1 saturated heterocycles. The maximum atomic E-state index is 11.9. The van der Waals surface area contributed by atoms with Gasteiger partial charge in [0.15, 0.2) is 0 Å². The Kier molecular flexibility index (Phi) is 7.47. The molecule has 5 nitrogen and oxygen atoms in total. The second kappa shape index (κ2) is 8.69. The van der Waals surface area contributed by atoms with Crippen LogP contribution in [0.25, 0.3) is 0 Å². The molecule has 0 spiro atoms. The van der Waals surface area contributed by atoms with Crippen molar-refractivity contribution in [1.82, 2.24) is 4.90 Å². The lowest BCUT2D eigenvalue weighted by Crippen LogP contribution is -2.43. The van der Waals surface area contributed by atoms with Gasteiger partial charge in [-0.1, -0.05) is 40.7 Å². The van der Waals surface area contributed by atoms with Crippen molar-refractivity contribution < 1.29 is 18.8 Å². The predicted octanol–water partition coefficient (Wildman–Crippen LogP) is 4.72. The van der Waals surface area contributed by atoms with Gasteiger partial charge in [0.25, 0.3) is 5.91 Å². The number of carbonyl (C=O) groups is 2. The van der Waals surface area contributed by atoms with Crippen molar-refractivity contribution in [2.24, 2.45) is 11.8 Å². The molecule has 0 N–H and O–H groups in total. The average molecular weight is 368 g/mol. The summed E-state index contributed by atoms with van der Waals surface area (Å²) in [5.41, 5.74) is 0. The van der Waals surface area contributed by atoms with Gasteiger partial charge in [0, 0.05) is 0 Å². The summed E-state index contributed by atoms with van der Waals surface area (Å²) in [7, 11) is -1.85. The zero-order valence-electron chi connectivity index (χ0n) is 16.7. The van der Waals surface area contributed by atoms with Gasteiger partial charge in [-0.05, 0) is 48.5 Å². The molecule has 1 aliphatic rings. The molecule has 142 valence electrons. The van der Waals surface area contributed by atoms with Crippen LogP contribution in [0.2, 0.25) is 18.1 Å². The topological polar surface area (TPSA) is 55.8 Å². The molecule has 0 radical (unpaired) electrons. The number of allylic oxidation sites excluding steroid dienone is 2. The van der Waals surface area contributed by atoms with Gasteiger partial charge in [-0.2, -0.15) is 0 Å². The third kappa shape index (κ3) is 5.73. The van der Waals surface area contributed by atoms with Gasteiger partial charge in [-0.3, -0.25) is 4.79 Å². The Morgan fingerprint density at radius 1 is 1.36 bits per heavy atom. The highest BCUT2D eigenvalue weighted by Gasteiger charge is 2.44. The fourth-order valence-corrected chi connectivity index (χ4v) is 4.45. The molecule has 0 saturated carbocycles. The van der Waals surface area contributed by atoms with Gasteiger partial charge >= 0.3 is 6.09 Å². The molecule has 0 aromatic rings. The summed E-state index contributed by atoms with van der Waals surface area (Å²) in [4.78, 5) is 24.3. The molecule has 2 amide bonds. The maximum Gasteiger partial charge on any atom is 0.416 e.